The van der Waals surface area contributed by atoms with E-state index in [1.54, 1.807) is 6.20 Å². The van der Waals surface area contributed by atoms with Crippen LogP contribution in [0.1, 0.15) is 0 Å². The number of hydrogen-bond donors (Lipinski definition) is 0. The predicted molar refractivity (Wildman–Crippen MR) is 92.9 cm³/mol. The quantitative estimate of drug-likeness (QED) is 0.442. The normalized spacial score (nSPS) is 10.9. The SMILES string of the molecule is [Zn].c1ccc(-n2c(-c3nc4ccccc4[n-]3)nc3cccnc32)cc1. The number of aromatic nitrogens is 5. The van der Waals surface area contributed by atoms with Gasteiger partial charge in [-0.15, -0.1) is 0 Å². The number of para-hydroxylation sites is 3. The Balaban J connectivity index is 0.00000157. The number of benzene rings is 2. The third kappa shape index (κ3) is 2.55. The Morgan fingerprint density at radius 3 is 2.36 bits per heavy atom. The van der Waals surface area contributed by atoms with Crippen molar-refractivity contribution in [3.63, 3.8) is 0 Å². The predicted octanol–water partition coefficient (Wildman–Crippen LogP) is 3.59. The summed E-state index contributed by atoms with van der Waals surface area (Å²) in [5.41, 5.74) is 4.35. The molecule has 3 heterocycles. The van der Waals surface area contributed by atoms with Gasteiger partial charge in [0.25, 0.3) is 0 Å². The van der Waals surface area contributed by atoms with Crippen LogP contribution in [0, 0.1) is 0 Å². The monoisotopic (exact) mass is 374 g/mol. The molecule has 0 saturated heterocycles. The third-order valence-corrected chi connectivity index (χ3v) is 3.96. The molecule has 0 aliphatic carbocycles. The summed E-state index contributed by atoms with van der Waals surface area (Å²) in [5.74, 6) is 1.31. The Kier molecular flexibility index (Phi) is 3.90. The number of nitrogens with zero attached hydrogens (tertiary/aromatic N) is 5. The van der Waals surface area contributed by atoms with E-state index in [0.29, 0.717) is 11.6 Å². The molecule has 0 aliphatic rings. The van der Waals surface area contributed by atoms with Crippen molar-refractivity contribution in [2.24, 2.45) is 0 Å². The Morgan fingerprint density at radius 1 is 0.760 bits per heavy atom. The fourth-order valence-electron chi connectivity index (χ4n) is 2.89. The van der Waals surface area contributed by atoms with Gasteiger partial charge in [0.1, 0.15) is 11.3 Å². The Bertz CT molecular complexity index is 1130. The van der Waals surface area contributed by atoms with E-state index in [0.717, 1.165) is 27.9 Å². The van der Waals surface area contributed by atoms with E-state index in [1.165, 1.54) is 0 Å². The first-order chi connectivity index (χ1) is 11.9. The molecule has 5 aromatic rings. The molecule has 0 aliphatic heterocycles. The largest absolute Gasteiger partial charge is 0.433 e. The molecular formula is C19H12N5Zn-. The molecule has 25 heavy (non-hydrogen) atoms. The van der Waals surface area contributed by atoms with Crippen LogP contribution < -0.4 is 4.98 Å². The van der Waals surface area contributed by atoms with Crippen molar-refractivity contribution in [1.29, 1.82) is 0 Å². The molecule has 0 fully saturated rings. The second-order valence-electron chi connectivity index (χ2n) is 5.49. The van der Waals surface area contributed by atoms with Gasteiger partial charge < -0.3 is 9.97 Å². The number of hydrogen-bond acceptors (Lipinski definition) is 3. The average Bonchev–Trinajstić information content (AvgIpc) is 3.23. The van der Waals surface area contributed by atoms with E-state index >= 15 is 0 Å². The van der Waals surface area contributed by atoms with Crippen LogP contribution in [0.15, 0.2) is 72.9 Å². The fraction of sp³-hybridized carbons (Fsp3) is 0. The van der Waals surface area contributed by atoms with Gasteiger partial charge in [-0.3, -0.25) is 4.57 Å². The molecule has 116 valence electrons. The Morgan fingerprint density at radius 2 is 1.52 bits per heavy atom. The van der Waals surface area contributed by atoms with E-state index in [9.17, 15) is 0 Å². The minimum Gasteiger partial charge on any atom is -0.433 e. The topological polar surface area (TPSA) is 57.7 Å². The molecule has 0 unspecified atom stereocenters. The summed E-state index contributed by atoms with van der Waals surface area (Å²) in [4.78, 5) is 18.5. The van der Waals surface area contributed by atoms with Crippen molar-refractivity contribution in [3.05, 3.63) is 72.9 Å². The molecule has 5 rings (SSSR count). The number of imidazole rings is 2. The molecule has 0 amide bonds. The van der Waals surface area contributed by atoms with Gasteiger partial charge in [-0.25, -0.2) is 9.97 Å². The van der Waals surface area contributed by atoms with Gasteiger partial charge in [0.2, 0.25) is 0 Å². The molecule has 0 spiro atoms. The van der Waals surface area contributed by atoms with E-state index in [2.05, 4.69) is 15.0 Å². The third-order valence-electron chi connectivity index (χ3n) is 3.96. The van der Waals surface area contributed by atoms with Gasteiger partial charge >= 0.3 is 0 Å². The van der Waals surface area contributed by atoms with Crippen LogP contribution in [0.25, 0.3) is 39.5 Å². The average molecular weight is 376 g/mol. The van der Waals surface area contributed by atoms with Crippen LogP contribution in [0.4, 0.5) is 0 Å². The van der Waals surface area contributed by atoms with Gasteiger partial charge in [-0.2, -0.15) is 0 Å². The van der Waals surface area contributed by atoms with Crippen molar-refractivity contribution >= 4 is 22.2 Å². The van der Waals surface area contributed by atoms with E-state index in [1.807, 2.05) is 71.3 Å². The molecule has 3 aromatic heterocycles. The van der Waals surface area contributed by atoms with Gasteiger partial charge in [0, 0.05) is 31.4 Å². The van der Waals surface area contributed by atoms with Crippen LogP contribution in [-0.2, 0) is 19.5 Å². The second-order valence-corrected chi connectivity index (χ2v) is 5.49. The minimum atomic E-state index is 0. The molecular weight excluding hydrogens is 364 g/mol. The maximum atomic E-state index is 4.73. The summed E-state index contributed by atoms with van der Waals surface area (Å²) in [6.07, 6.45) is 1.77. The molecule has 5 nitrogen and oxygen atoms in total. The molecule has 0 saturated carbocycles. The van der Waals surface area contributed by atoms with Crippen LogP contribution in [0.5, 0.6) is 0 Å². The van der Waals surface area contributed by atoms with Crippen molar-refractivity contribution in [3.8, 4) is 17.3 Å². The zero-order valence-corrected chi connectivity index (χ0v) is 16.3. The maximum Gasteiger partial charge on any atom is 0.164 e. The van der Waals surface area contributed by atoms with Gasteiger partial charge in [-0.1, -0.05) is 42.5 Å². The Labute approximate surface area is 156 Å². The van der Waals surface area contributed by atoms with Crippen molar-refractivity contribution in [2.45, 2.75) is 0 Å². The summed E-state index contributed by atoms with van der Waals surface area (Å²) in [6.45, 7) is 0. The maximum absolute atomic E-state index is 4.73. The molecule has 0 bridgehead atoms. The van der Waals surface area contributed by atoms with Crippen LogP contribution in [0.2, 0.25) is 0 Å². The first-order valence-corrected chi connectivity index (χ1v) is 7.69. The zero-order chi connectivity index (χ0) is 15.9. The van der Waals surface area contributed by atoms with E-state index in [4.69, 9.17) is 4.98 Å². The molecule has 2 aromatic carbocycles. The Hall–Kier alpha value is -2.85. The fourth-order valence-corrected chi connectivity index (χ4v) is 2.89. The summed E-state index contributed by atoms with van der Waals surface area (Å²) in [7, 11) is 0. The summed E-state index contributed by atoms with van der Waals surface area (Å²) < 4.78 is 2.00. The number of rotatable bonds is 2. The summed E-state index contributed by atoms with van der Waals surface area (Å²) in [5, 5.41) is 0. The first-order valence-electron chi connectivity index (χ1n) is 7.69. The number of pyridine rings is 1. The van der Waals surface area contributed by atoms with Crippen molar-refractivity contribution < 1.29 is 19.5 Å². The van der Waals surface area contributed by atoms with Crippen LogP contribution >= 0.6 is 0 Å². The van der Waals surface area contributed by atoms with Gasteiger partial charge in [0.05, 0.1) is 0 Å². The smallest absolute Gasteiger partial charge is 0.164 e. The molecule has 0 N–H and O–H groups in total. The minimum absolute atomic E-state index is 0. The van der Waals surface area contributed by atoms with E-state index < -0.39 is 0 Å². The number of fused-ring (bicyclic) bond motifs is 2. The van der Waals surface area contributed by atoms with Crippen molar-refractivity contribution in [1.82, 2.24) is 24.5 Å². The molecule has 6 heteroatoms. The van der Waals surface area contributed by atoms with Crippen LogP contribution in [0.3, 0.4) is 0 Å². The summed E-state index contributed by atoms with van der Waals surface area (Å²) in [6, 6.07) is 21.7. The second kappa shape index (κ2) is 6.22. The van der Waals surface area contributed by atoms with Crippen LogP contribution in [-0.4, -0.2) is 19.5 Å². The van der Waals surface area contributed by atoms with E-state index in [-0.39, 0.29) is 19.5 Å². The van der Waals surface area contributed by atoms with Crippen molar-refractivity contribution in [2.75, 3.05) is 0 Å². The zero-order valence-electron chi connectivity index (χ0n) is 13.4. The summed E-state index contributed by atoms with van der Waals surface area (Å²) >= 11 is 0. The molecule has 0 radical (unpaired) electrons. The van der Waals surface area contributed by atoms with Gasteiger partial charge in [0.15, 0.2) is 5.65 Å². The molecule has 0 atom stereocenters. The van der Waals surface area contributed by atoms with Gasteiger partial charge in [-0.05, 0) is 41.1 Å². The standard InChI is InChI=1S/C19H12N5.Zn/c1-2-7-13(8-3-1)24-18-16(11-6-12-20-18)23-19(24)17-21-14-9-4-5-10-15(14)22-17;/h1-12H;/q-1;. The first kappa shape index (κ1) is 15.7.